The second-order valence-electron chi connectivity index (χ2n) is 3.74. The first-order chi connectivity index (χ1) is 8.59. The van der Waals surface area contributed by atoms with Crippen molar-refractivity contribution in [2.24, 2.45) is 0 Å². The van der Waals surface area contributed by atoms with Crippen LogP contribution in [0.25, 0.3) is 0 Å². The van der Waals surface area contributed by atoms with E-state index >= 15 is 0 Å². The van der Waals surface area contributed by atoms with Gasteiger partial charge in [0.15, 0.2) is 11.5 Å². The lowest BCUT2D eigenvalue weighted by atomic mass is 10.1. The van der Waals surface area contributed by atoms with Gasteiger partial charge in [-0.15, -0.1) is 11.3 Å². The largest absolute Gasteiger partial charge is 0.504 e. The number of hydrogen-bond donors (Lipinski definition) is 3. The molecule has 0 radical (unpaired) electrons. The highest BCUT2D eigenvalue weighted by molar-refractivity contribution is 7.09. The first-order valence-corrected chi connectivity index (χ1v) is 6.18. The van der Waals surface area contributed by atoms with Crippen molar-refractivity contribution >= 4 is 17.2 Å². The lowest BCUT2D eigenvalue weighted by Gasteiger charge is -2.12. The molecule has 0 bridgehead atoms. The molecule has 1 atom stereocenters. The number of rotatable bonds is 3. The molecule has 5 nitrogen and oxygen atoms in total. The molecule has 1 amide bonds. The summed E-state index contributed by atoms with van der Waals surface area (Å²) in [5.74, 6) is -1.18. The first kappa shape index (κ1) is 12.4. The molecular formula is C12H12N2O3S. The monoisotopic (exact) mass is 264 g/mol. The summed E-state index contributed by atoms with van der Waals surface area (Å²) in [6.07, 6.45) is 1.66. The third-order valence-electron chi connectivity index (χ3n) is 2.43. The van der Waals surface area contributed by atoms with Gasteiger partial charge < -0.3 is 15.5 Å². The summed E-state index contributed by atoms with van der Waals surface area (Å²) in [6.45, 7) is 1.80. The number of thiazole rings is 1. The molecular weight excluding hydrogens is 252 g/mol. The quantitative estimate of drug-likeness (QED) is 0.741. The lowest BCUT2D eigenvalue weighted by Crippen LogP contribution is -2.26. The Morgan fingerprint density at radius 2 is 2.22 bits per heavy atom. The van der Waals surface area contributed by atoms with Gasteiger partial charge in [-0.2, -0.15) is 0 Å². The van der Waals surface area contributed by atoms with Crippen LogP contribution < -0.4 is 5.32 Å². The average molecular weight is 264 g/mol. The summed E-state index contributed by atoms with van der Waals surface area (Å²) in [7, 11) is 0. The summed E-state index contributed by atoms with van der Waals surface area (Å²) in [6, 6.07) is 4.01. The zero-order valence-electron chi connectivity index (χ0n) is 9.62. The maximum atomic E-state index is 11.9. The van der Waals surface area contributed by atoms with Crippen LogP contribution in [0.2, 0.25) is 0 Å². The number of carbonyl (C=O) groups excluding carboxylic acids is 1. The molecule has 1 heterocycles. The maximum Gasteiger partial charge on any atom is 0.255 e. The number of benzene rings is 1. The van der Waals surface area contributed by atoms with Gasteiger partial charge in [0.1, 0.15) is 5.01 Å². The zero-order chi connectivity index (χ0) is 13.1. The number of phenolic OH excluding ortho intramolecular Hbond substituents is 2. The van der Waals surface area contributed by atoms with Crippen LogP contribution in [0.1, 0.15) is 28.3 Å². The molecule has 0 fully saturated rings. The highest BCUT2D eigenvalue weighted by Crippen LogP contribution is 2.28. The Hall–Kier alpha value is -2.08. The minimum Gasteiger partial charge on any atom is -0.504 e. The molecule has 2 aromatic rings. The van der Waals surface area contributed by atoms with Crippen molar-refractivity contribution in [3.05, 3.63) is 40.3 Å². The molecule has 6 heteroatoms. The second kappa shape index (κ2) is 5.05. The number of carbonyl (C=O) groups is 1. The molecule has 94 valence electrons. The number of aromatic hydroxyl groups is 2. The fourth-order valence-electron chi connectivity index (χ4n) is 1.50. The Morgan fingerprint density at radius 3 is 2.89 bits per heavy atom. The van der Waals surface area contributed by atoms with E-state index in [9.17, 15) is 15.0 Å². The summed E-state index contributed by atoms with van der Waals surface area (Å²) in [5.41, 5.74) is 0.0402. The van der Waals surface area contributed by atoms with Crippen LogP contribution in [-0.4, -0.2) is 21.1 Å². The standard InChI is InChI=1S/C12H12N2O3S/c1-7(12-13-5-6-18-12)14-11(17)8-3-2-4-9(15)10(8)16/h2-7,15-16H,1H3,(H,14,17). The Labute approximate surface area is 108 Å². The van der Waals surface area contributed by atoms with Crippen molar-refractivity contribution < 1.29 is 15.0 Å². The molecule has 0 aliphatic carbocycles. The van der Waals surface area contributed by atoms with Gasteiger partial charge in [0, 0.05) is 11.6 Å². The molecule has 1 unspecified atom stereocenters. The van der Waals surface area contributed by atoms with Crippen LogP contribution in [-0.2, 0) is 0 Å². The van der Waals surface area contributed by atoms with Crippen LogP contribution in [0, 0.1) is 0 Å². The minimum absolute atomic E-state index is 0.0402. The van der Waals surface area contributed by atoms with Gasteiger partial charge in [-0.3, -0.25) is 4.79 Å². The van der Waals surface area contributed by atoms with E-state index in [1.165, 1.54) is 29.5 Å². The van der Waals surface area contributed by atoms with E-state index in [-0.39, 0.29) is 17.4 Å². The van der Waals surface area contributed by atoms with Gasteiger partial charge >= 0.3 is 0 Å². The lowest BCUT2D eigenvalue weighted by molar-refractivity contribution is 0.0936. The summed E-state index contributed by atoms with van der Waals surface area (Å²) in [4.78, 5) is 16.0. The van der Waals surface area contributed by atoms with Gasteiger partial charge in [-0.1, -0.05) is 6.07 Å². The third-order valence-corrected chi connectivity index (χ3v) is 3.39. The SMILES string of the molecule is CC(NC(=O)c1cccc(O)c1O)c1nccs1. The molecule has 18 heavy (non-hydrogen) atoms. The number of amides is 1. The average Bonchev–Trinajstić information content (AvgIpc) is 2.86. The Kier molecular flexibility index (Phi) is 3.47. The van der Waals surface area contributed by atoms with E-state index in [0.29, 0.717) is 0 Å². The van der Waals surface area contributed by atoms with Crippen molar-refractivity contribution in [3.8, 4) is 11.5 Å². The number of hydrogen-bond acceptors (Lipinski definition) is 5. The van der Waals surface area contributed by atoms with Crippen LogP contribution >= 0.6 is 11.3 Å². The van der Waals surface area contributed by atoms with E-state index in [1.807, 2.05) is 5.38 Å². The van der Waals surface area contributed by atoms with Crippen molar-refractivity contribution in [1.82, 2.24) is 10.3 Å². The minimum atomic E-state index is -0.453. The van der Waals surface area contributed by atoms with Gasteiger partial charge in [0.2, 0.25) is 0 Å². The van der Waals surface area contributed by atoms with Crippen LogP contribution in [0.15, 0.2) is 29.8 Å². The third kappa shape index (κ3) is 2.43. The van der Waals surface area contributed by atoms with Crippen molar-refractivity contribution in [1.29, 1.82) is 0 Å². The van der Waals surface area contributed by atoms with E-state index in [2.05, 4.69) is 10.3 Å². The second-order valence-corrected chi connectivity index (χ2v) is 4.66. The molecule has 1 aromatic carbocycles. The molecule has 0 aliphatic heterocycles. The number of nitrogens with one attached hydrogen (secondary N) is 1. The maximum absolute atomic E-state index is 11.9. The Bertz CT molecular complexity index is 554. The molecule has 0 saturated carbocycles. The number of para-hydroxylation sites is 1. The number of nitrogens with zero attached hydrogens (tertiary/aromatic N) is 1. The van der Waals surface area contributed by atoms with Gasteiger partial charge in [0.05, 0.1) is 11.6 Å². The molecule has 2 rings (SSSR count). The van der Waals surface area contributed by atoms with E-state index in [4.69, 9.17) is 0 Å². The molecule has 0 spiro atoms. The van der Waals surface area contributed by atoms with E-state index in [1.54, 1.807) is 13.1 Å². The van der Waals surface area contributed by atoms with Crippen molar-refractivity contribution in [2.75, 3.05) is 0 Å². The van der Waals surface area contributed by atoms with Crippen LogP contribution in [0.5, 0.6) is 11.5 Å². The number of aromatic nitrogens is 1. The number of phenols is 2. The van der Waals surface area contributed by atoms with Crippen molar-refractivity contribution in [2.45, 2.75) is 13.0 Å². The molecule has 1 aromatic heterocycles. The van der Waals surface area contributed by atoms with Crippen LogP contribution in [0.3, 0.4) is 0 Å². The summed E-state index contributed by atoms with van der Waals surface area (Å²) >= 11 is 1.44. The molecule has 3 N–H and O–H groups in total. The van der Waals surface area contributed by atoms with E-state index < -0.39 is 11.7 Å². The highest BCUT2D eigenvalue weighted by Gasteiger charge is 2.17. The first-order valence-electron chi connectivity index (χ1n) is 5.31. The molecule has 0 aliphatic rings. The molecule has 0 saturated heterocycles. The van der Waals surface area contributed by atoms with Gasteiger partial charge in [-0.05, 0) is 19.1 Å². The van der Waals surface area contributed by atoms with Gasteiger partial charge in [-0.25, -0.2) is 4.98 Å². The normalized spacial score (nSPS) is 12.1. The van der Waals surface area contributed by atoms with Gasteiger partial charge in [0.25, 0.3) is 5.91 Å². The highest BCUT2D eigenvalue weighted by atomic mass is 32.1. The smallest absolute Gasteiger partial charge is 0.255 e. The summed E-state index contributed by atoms with van der Waals surface area (Å²) < 4.78 is 0. The fraction of sp³-hybridized carbons (Fsp3) is 0.167. The zero-order valence-corrected chi connectivity index (χ0v) is 10.4. The van der Waals surface area contributed by atoms with Crippen molar-refractivity contribution in [3.63, 3.8) is 0 Å². The Morgan fingerprint density at radius 1 is 1.44 bits per heavy atom. The topological polar surface area (TPSA) is 82.5 Å². The predicted octanol–water partition coefficient (Wildman–Crippen LogP) is 2.05. The Balaban J connectivity index is 2.15. The van der Waals surface area contributed by atoms with Crippen LogP contribution in [0.4, 0.5) is 0 Å². The van der Waals surface area contributed by atoms with E-state index in [0.717, 1.165) is 5.01 Å². The summed E-state index contributed by atoms with van der Waals surface area (Å²) in [5, 5.41) is 24.2. The fourth-order valence-corrected chi connectivity index (χ4v) is 2.14. The predicted molar refractivity (Wildman–Crippen MR) is 67.8 cm³/mol.